The first-order valence-electron chi connectivity index (χ1n) is 4.57. The van der Waals surface area contributed by atoms with E-state index in [1.807, 2.05) is 30.5 Å². The van der Waals surface area contributed by atoms with E-state index in [0.717, 1.165) is 19.1 Å². The van der Waals surface area contributed by atoms with Gasteiger partial charge < -0.3 is 5.11 Å². The summed E-state index contributed by atoms with van der Waals surface area (Å²) in [7, 11) is 0. The molecule has 0 aliphatic heterocycles. The fourth-order valence-electron chi connectivity index (χ4n) is 1.08. The Morgan fingerprint density at radius 2 is 1.88 bits per heavy atom. The summed E-state index contributed by atoms with van der Waals surface area (Å²) in [4.78, 5) is 1.11. The molecule has 0 saturated carbocycles. The molecule has 0 unspecified atom stereocenters. The van der Waals surface area contributed by atoms with Gasteiger partial charge in [0.1, 0.15) is 0 Å². The van der Waals surface area contributed by atoms with E-state index in [4.69, 9.17) is 5.11 Å². The number of aliphatic hydroxyl groups excluding tert-OH is 1. The minimum atomic E-state index is 0.0837. The van der Waals surface area contributed by atoms with Crippen molar-refractivity contribution >= 4 is 34.9 Å². The normalized spacial score (nSPS) is 10.6. The van der Waals surface area contributed by atoms with Crippen molar-refractivity contribution in [3.63, 3.8) is 0 Å². The molecule has 0 aliphatic carbocycles. The molecule has 2 rings (SSSR count). The van der Waals surface area contributed by atoms with Crippen LogP contribution in [0.25, 0.3) is 0 Å². The van der Waals surface area contributed by atoms with Crippen LogP contribution in [-0.2, 0) is 6.61 Å². The van der Waals surface area contributed by atoms with Gasteiger partial charge in [-0.3, -0.25) is 0 Å². The van der Waals surface area contributed by atoms with Crippen LogP contribution in [0.2, 0.25) is 0 Å². The Morgan fingerprint density at radius 1 is 1.19 bits per heavy atom. The molecule has 6 heteroatoms. The number of aromatic nitrogens is 2. The third kappa shape index (κ3) is 2.98. The van der Waals surface area contributed by atoms with Crippen LogP contribution in [0.3, 0.4) is 0 Å². The second kappa shape index (κ2) is 5.67. The number of hydrogen-bond donors (Lipinski definition) is 1. The summed E-state index contributed by atoms with van der Waals surface area (Å²) >= 11 is 4.79. The maximum Gasteiger partial charge on any atom is 0.179 e. The molecule has 0 aliphatic rings. The van der Waals surface area contributed by atoms with Crippen molar-refractivity contribution in [2.75, 3.05) is 6.26 Å². The van der Waals surface area contributed by atoms with E-state index in [2.05, 4.69) is 10.2 Å². The Kier molecular flexibility index (Phi) is 4.22. The molecule has 1 aromatic carbocycles. The molecule has 0 atom stereocenters. The van der Waals surface area contributed by atoms with Crippen molar-refractivity contribution in [3.8, 4) is 0 Å². The lowest BCUT2D eigenvalue weighted by atomic mass is 10.2. The Balaban J connectivity index is 2.08. The Bertz CT molecular complexity index is 455. The molecule has 0 amide bonds. The van der Waals surface area contributed by atoms with Crippen LogP contribution >= 0.6 is 34.9 Å². The zero-order valence-corrected chi connectivity index (χ0v) is 11.0. The maximum absolute atomic E-state index is 8.92. The third-order valence-electron chi connectivity index (χ3n) is 1.87. The minimum Gasteiger partial charge on any atom is -0.392 e. The minimum absolute atomic E-state index is 0.0837. The van der Waals surface area contributed by atoms with Gasteiger partial charge in [0.15, 0.2) is 8.68 Å². The largest absolute Gasteiger partial charge is 0.392 e. The summed E-state index contributed by atoms with van der Waals surface area (Å²) in [5, 5.41) is 17.0. The number of aliphatic hydroxyl groups is 1. The first-order valence-corrected chi connectivity index (χ1v) is 7.42. The second-order valence-corrected chi connectivity index (χ2v) is 6.29. The van der Waals surface area contributed by atoms with Gasteiger partial charge in [0.25, 0.3) is 0 Å². The highest BCUT2D eigenvalue weighted by atomic mass is 32.2. The zero-order chi connectivity index (χ0) is 11.4. The lowest BCUT2D eigenvalue weighted by Gasteiger charge is -1.98. The van der Waals surface area contributed by atoms with Crippen LogP contribution in [0, 0.1) is 0 Å². The molecule has 1 heterocycles. The van der Waals surface area contributed by atoms with E-state index in [1.54, 1.807) is 34.9 Å². The SMILES string of the molecule is CSc1nnc(Sc2ccc(CO)cc2)s1. The zero-order valence-electron chi connectivity index (χ0n) is 8.58. The van der Waals surface area contributed by atoms with Crippen LogP contribution in [0.1, 0.15) is 5.56 Å². The van der Waals surface area contributed by atoms with Gasteiger partial charge in [-0.2, -0.15) is 0 Å². The highest BCUT2D eigenvalue weighted by Gasteiger charge is 2.04. The van der Waals surface area contributed by atoms with E-state index in [1.165, 1.54) is 0 Å². The first kappa shape index (κ1) is 11.9. The lowest BCUT2D eigenvalue weighted by Crippen LogP contribution is -1.81. The molecule has 0 radical (unpaired) electrons. The van der Waals surface area contributed by atoms with Gasteiger partial charge in [-0.05, 0) is 24.0 Å². The molecule has 2 aromatic rings. The van der Waals surface area contributed by atoms with Gasteiger partial charge in [0.05, 0.1) is 6.61 Å². The van der Waals surface area contributed by atoms with Gasteiger partial charge in [-0.15, -0.1) is 10.2 Å². The molecular formula is C10H10N2OS3. The van der Waals surface area contributed by atoms with Gasteiger partial charge >= 0.3 is 0 Å². The Hall–Kier alpha value is -0.560. The average molecular weight is 270 g/mol. The highest BCUT2D eigenvalue weighted by molar-refractivity contribution is 8.03. The molecule has 0 saturated heterocycles. The van der Waals surface area contributed by atoms with Crippen LogP contribution in [-0.4, -0.2) is 21.6 Å². The molecule has 84 valence electrons. The summed E-state index contributed by atoms with van der Waals surface area (Å²) in [5.74, 6) is 0. The van der Waals surface area contributed by atoms with Crippen molar-refractivity contribution in [2.24, 2.45) is 0 Å². The van der Waals surface area contributed by atoms with Crippen LogP contribution in [0.15, 0.2) is 37.8 Å². The highest BCUT2D eigenvalue weighted by Crippen LogP contribution is 2.32. The lowest BCUT2D eigenvalue weighted by molar-refractivity contribution is 0.282. The molecule has 1 N–H and O–H groups in total. The van der Waals surface area contributed by atoms with Crippen molar-refractivity contribution < 1.29 is 5.11 Å². The fraction of sp³-hybridized carbons (Fsp3) is 0.200. The quantitative estimate of drug-likeness (QED) is 0.866. The predicted molar refractivity (Wildman–Crippen MR) is 68.2 cm³/mol. The van der Waals surface area contributed by atoms with E-state index in [9.17, 15) is 0 Å². The predicted octanol–water partition coefficient (Wildman–Crippen LogP) is 2.90. The standard InChI is InChI=1S/C10H10N2OS3/c1-14-9-11-12-10(16-9)15-8-4-2-7(6-13)3-5-8/h2-5,13H,6H2,1H3. The number of rotatable bonds is 4. The monoisotopic (exact) mass is 270 g/mol. The van der Waals surface area contributed by atoms with Crippen molar-refractivity contribution in [2.45, 2.75) is 20.2 Å². The number of benzene rings is 1. The number of thioether (sulfide) groups is 1. The maximum atomic E-state index is 8.92. The summed E-state index contributed by atoms with van der Waals surface area (Å²) in [6.45, 7) is 0.0837. The van der Waals surface area contributed by atoms with Crippen molar-refractivity contribution in [1.82, 2.24) is 10.2 Å². The molecule has 16 heavy (non-hydrogen) atoms. The Labute approximate surface area is 106 Å². The smallest absolute Gasteiger partial charge is 0.179 e. The van der Waals surface area contributed by atoms with Crippen molar-refractivity contribution in [3.05, 3.63) is 29.8 Å². The van der Waals surface area contributed by atoms with E-state index in [0.29, 0.717) is 0 Å². The number of hydrogen-bond acceptors (Lipinski definition) is 6. The first-order chi connectivity index (χ1) is 7.81. The summed E-state index contributed by atoms with van der Waals surface area (Å²) in [5.41, 5.74) is 0.923. The van der Waals surface area contributed by atoms with Crippen LogP contribution < -0.4 is 0 Å². The van der Waals surface area contributed by atoms with Gasteiger partial charge in [-0.25, -0.2) is 0 Å². The van der Waals surface area contributed by atoms with Gasteiger partial charge in [-0.1, -0.05) is 47.0 Å². The molecular weight excluding hydrogens is 260 g/mol. The van der Waals surface area contributed by atoms with Gasteiger partial charge in [0, 0.05) is 4.90 Å². The fourth-order valence-corrected chi connectivity index (χ4v) is 3.50. The number of nitrogens with zero attached hydrogens (tertiary/aromatic N) is 2. The van der Waals surface area contributed by atoms with Crippen LogP contribution in [0.5, 0.6) is 0 Å². The van der Waals surface area contributed by atoms with Crippen LogP contribution in [0.4, 0.5) is 0 Å². The molecule has 0 spiro atoms. The van der Waals surface area contributed by atoms with E-state index >= 15 is 0 Å². The summed E-state index contributed by atoms with van der Waals surface area (Å²) < 4.78 is 1.93. The summed E-state index contributed by atoms with van der Waals surface area (Å²) in [6, 6.07) is 7.80. The van der Waals surface area contributed by atoms with Crippen molar-refractivity contribution in [1.29, 1.82) is 0 Å². The third-order valence-corrected chi connectivity index (χ3v) is 4.83. The molecule has 0 bridgehead atoms. The molecule has 0 fully saturated rings. The topological polar surface area (TPSA) is 46.0 Å². The second-order valence-electron chi connectivity index (χ2n) is 2.94. The summed E-state index contributed by atoms with van der Waals surface area (Å²) in [6.07, 6.45) is 1.99. The van der Waals surface area contributed by atoms with E-state index in [-0.39, 0.29) is 6.61 Å². The molecule has 3 nitrogen and oxygen atoms in total. The Morgan fingerprint density at radius 3 is 2.44 bits per heavy atom. The molecule has 1 aromatic heterocycles. The average Bonchev–Trinajstić information content (AvgIpc) is 2.78. The van der Waals surface area contributed by atoms with E-state index < -0.39 is 0 Å². The van der Waals surface area contributed by atoms with Gasteiger partial charge in [0.2, 0.25) is 0 Å².